The quantitative estimate of drug-likeness (QED) is 0.748. The van der Waals surface area contributed by atoms with Crippen LogP contribution in [0.5, 0.6) is 0 Å². The van der Waals surface area contributed by atoms with Crippen LogP contribution in [0.25, 0.3) is 0 Å². The van der Waals surface area contributed by atoms with Gasteiger partial charge in [0, 0.05) is 23.3 Å². The van der Waals surface area contributed by atoms with Gasteiger partial charge in [0.1, 0.15) is 0 Å². The van der Waals surface area contributed by atoms with Crippen LogP contribution in [0.2, 0.25) is 0 Å². The van der Waals surface area contributed by atoms with Crippen molar-refractivity contribution in [1.29, 1.82) is 0 Å². The van der Waals surface area contributed by atoms with Crippen molar-refractivity contribution in [3.63, 3.8) is 0 Å². The minimum atomic E-state index is 0.188. The lowest BCUT2D eigenvalue weighted by atomic mass is 9.48. The lowest BCUT2D eigenvalue weighted by Crippen LogP contribution is -2.70. The predicted molar refractivity (Wildman–Crippen MR) is 66.7 cm³/mol. The van der Waals surface area contributed by atoms with Gasteiger partial charge in [0.2, 0.25) is 5.91 Å². The molecule has 0 aromatic heterocycles. The highest BCUT2D eigenvalue weighted by Crippen LogP contribution is 2.62. The van der Waals surface area contributed by atoms with Gasteiger partial charge >= 0.3 is 0 Å². The highest BCUT2D eigenvalue weighted by Gasteiger charge is 2.62. The van der Waals surface area contributed by atoms with Gasteiger partial charge in [-0.2, -0.15) is 0 Å². The van der Waals surface area contributed by atoms with Crippen LogP contribution in [0, 0.1) is 5.92 Å². The van der Waals surface area contributed by atoms with E-state index < -0.39 is 0 Å². The number of fused-ring (bicyclic) bond motifs is 1. The molecule has 1 amide bonds. The van der Waals surface area contributed by atoms with Crippen LogP contribution in [0.15, 0.2) is 18.2 Å². The molecule has 4 aliphatic rings. The molecule has 17 heavy (non-hydrogen) atoms. The molecule has 0 saturated heterocycles. The minimum absolute atomic E-state index is 0.188. The second kappa shape index (κ2) is 2.84. The van der Waals surface area contributed by atoms with Crippen LogP contribution in [0.3, 0.4) is 0 Å². The Morgan fingerprint density at radius 2 is 2.00 bits per heavy atom. The highest BCUT2D eigenvalue weighted by molar-refractivity contribution is 5.98. The molecular formula is C14H16N2O. The van der Waals surface area contributed by atoms with E-state index in [2.05, 4.69) is 4.90 Å². The fourth-order valence-electron chi connectivity index (χ4n) is 3.74. The third-order valence-corrected chi connectivity index (χ3v) is 4.68. The molecule has 0 atom stereocenters. The van der Waals surface area contributed by atoms with Crippen molar-refractivity contribution in [3.05, 3.63) is 23.8 Å². The molecule has 0 radical (unpaired) electrons. The van der Waals surface area contributed by atoms with Crippen molar-refractivity contribution in [2.24, 2.45) is 5.92 Å². The molecular weight excluding hydrogens is 212 g/mol. The molecule has 0 spiro atoms. The molecule has 1 aromatic rings. The van der Waals surface area contributed by atoms with Crippen LogP contribution in [0.4, 0.5) is 11.4 Å². The lowest BCUT2D eigenvalue weighted by molar-refractivity contribution is -0.126. The van der Waals surface area contributed by atoms with Crippen LogP contribution in [-0.4, -0.2) is 11.4 Å². The van der Waals surface area contributed by atoms with Gasteiger partial charge in [-0.3, -0.25) is 4.79 Å². The average molecular weight is 228 g/mol. The number of nitrogen functional groups attached to an aromatic ring is 1. The van der Waals surface area contributed by atoms with Crippen molar-refractivity contribution < 1.29 is 4.79 Å². The Labute approximate surface area is 101 Å². The molecule has 5 rings (SSSR count). The van der Waals surface area contributed by atoms with E-state index in [4.69, 9.17) is 5.73 Å². The first-order valence-electron chi connectivity index (χ1n) is 6.39. The van der Waals surface area contributed by atoms with Crippen molar-refractivity contribution in [2.75, 3.05) is 10.6 Å². The number of nitrogens with zero attached hydrogens (tertiary/aromatic N) is 1. The van der Waals surface area contributed by atoms with Crippen molar-refractivity contribution >= 4 is 17.3 Å². The standard InChI is InChI=1S/C14H16N2O/c15-11-2-3-12-10(5-11)1-4-13(17)16(12)14-6-9(7-14)8-14/h2-3,5,9H,1,4,6-8,15H2. The van der Waals surface area contributed by atoms with Gasteiger partial charge in [-0.05, 0) is 55.4 Å². The zero-order valence-corrected chi connectivity index (χ0v) is 9.78. The maximum absolute atomic E-state index is 12.2. The van der Waals surface area contributed by atoms with Crippen molar-refractivity contribution in [2.45, 2.75) is 37.6 Å². The normalized spacial score (nSPS) is 33.8. The van der Waals surface area contributed by atoms with E-state index in [0.29, 0.717) is 12.3 Å². The fraction of sp³-hybridized carbons (Fsp3) is 0.500. The van der Waals surface area contributed by atoms with Gasteiger partial charge in [0.25, 0.3) is 0 Å². The van der Waals surface area contributed by atoms with E-state index in [0.717, 1.165) is 23.7 Å². The van der Waals surface area contributed by atoms with Gasteiger partial charge in [0.05, 0.1) is 0 Å². The minimum Gasteiger partial charge on any atom is -0.399 e. The Hall–Kier alpha value is -1.51. The number of hydrogen-bond acceptors (Lipinski definition) is 2. The number of aryl methyl sites for hydroxylation is 1. The molecule has 3 nitrogen and oxygen atoms in total. The zero-order valence-electron chi connectivity index (χ0n) is 9.78. The summed E-state index contributed by atoms with van der Waals surface area (Å²) in [6, 6.07) is 5.97. The Morgan fingerprint density at radius 1 is 1.24 bits per heavy atom. The second-order valence-corrected chi connectivity index (χ2v) is 5.82. The van der Waals surface area contributed by atoms with Gasteiger partial charge in [0.15, 0.2) is 0 Å². The van der Waals surface area contributed by atoms with Crippen LogP contribution < -0.4 is 10.6 Å². The highest BCUT2D eigenvalue weighted by atomic mass is 16.2. The van der Waals surface area contributed by atoms with Crippen LogP contribution >= 0.6 is 0 Å². The van der Waals surface area contributed by atoms with Gasteiger partial charge in [-0.25, -0.2) is 0 Å². The summed E-state index contributed by atoms with van der Waals surface area (Å²) >= 11 is 0. The summed E-state index contributed by atoms with van der Waals surface area (Å²) in [6.45, 7) is 0. The molecule has 88 valence electrons. The number of carbonyl (C=O) groups excluding carboxylic acids is 1. The van der Waals surface area contributed by atoms with E-state index in [-0.39, 0.29) is 5.54 Å². The van der Waals surface area contributed by atoms with Gasteiger partial charge in [-0.1, -0.05) is 0 Å². The third kappa shape index (κ3) is 1.09. The number of hydrogen-bond donors (Lipinski definition) is 1. The summed E-state index contributed by atoms with van der Waals surface area (Å²) in [5.41, 5.74) is 9.18. The molecule has 3 saturated carbocycles. The molecule has 0 unspecified atom stereocenters. The van der Waals surface area contributed by atoms with E-state index in [1.807, 2.05) is 18.2 Å². The topological polar surface area (TPSA) is 46.3 Å². The number of nitrogens with two attached hydrogens (primary N) is 1. The molecule has 2 N–H and O–H groups in total. The molecule has 3 aliphatic carbocycles. The monoisotopic (exact) mass is 228 g/mol. The van der Waals surface area contributed by atoms with E-state index in [1.165, 1.54) is 24.8 Å². The Kier molecular flexibility index (Phi) is 1.59. The summed E-state index contributed by atoms with van der Waals surface area (Å²) in [6.07, 6.45) is 5.12. The molecule has 2 bridgehead atoms. The summed E-state index contributed by atoms with van der Waals surface area (Å²) in [5, 5.41) is 0. The summed E-state index contributed by atoms with van der Waals surface area (Å²) in [7, 11) is 0. The second-order valence-electron chi connectivity index (χ2n) is 5.82. The predicted octanol–water partition coefficient (Wildman–Crippen LogP) is 2.10. The summed E-state index contributed by atoms with van der Waals surface area (Å²) < 4.78 is 0. The molecule has 3 heteroatoms. The number of benzene rings is 1. The third-order valence-electron chi connectivity index (χ3n) is 4.68. The zero-order chi connectivity index (χ0) is 11.6. The largest absolute Gasteiger partial charge is 0.399 e. The molecule has 1 aromatic carbocycles. The fourth-order valence-corrected chi connectivity index (χ4v) is 3.74. The first-order valence-corrected chi connectivity index (χ1v) is 6.39. The van der Waals surface area contributed by atoms with Crippen LogP contribution in [0.1, 0.15) is 31.2 Å². The maximum atomic E-state index is 12.2. The Morgan fingerprint density at radius 3 is 2.65 bits per heavy atom. The van der Waals surface area contributed by atoms with E-state index in [9.17, 15) is 4.79 Å². The van der Waals surface area contributed by atoms with E-state index >= 15 is 0 Å². The number of carbonyl (C=O) groups is 1. The maximum Gasteiger partial charge on any atom is 0.227 e. The summed E-state index contributed by atoms with van der Waals surface area (Å²) in [5.74, 6) is 1.20. The number of rotatable bonds is 1. The van der Waals surface area contributed by atoms with Crippen LogP contribution in [-0.2, 0) is 11.2 Å². The Balaban J connectivity index is 1.81. The average Bonchev–Trinajstić information content (AvgIpc) is 2.17. The molecule has 1 heterocycles. The van der Waals surface area contributed by atoms with E-state index in [1.54, 1.807) is 0 Å². The van der Waals surface area contributed by atoms with Gasteiger partial charge in [-0.15, -0.1) is 0 Å². The number of anilines is 2. The first-order chi connectivity index (χ1) is 8.18. The van der Waals surface area contributed by atoms with Gasteiger partial charge < -0.3 is 10.6 Å². The van der Waals surface area contributed by atoms with Crippen molar-refractivity contribution in [1.82, 2.24) is 0 Å². The lowest BCUT2D eigenvalue weighted by Gasteiger charge is -2.66. The molecule has 1 aliphatic heterocycles. The molecule has 3 fully saturated rings. The van der Waals surface area contributed by atoms with Crippen molar-refractivity contribution in [3.8, 4) is 0 Å². The summed E-state index contributed by atoms with van der Waals surface area (Å²) in [4.78, 5) is 14.3. The SMILES string of the molecule is Nc1ccc2c(c1)CCC(=O)N2C12CC(C1)C2. The first kappa shape index (κ1) is 9.51. The smallest absolute Gasteiger partial charge is 0.227 e. The Bertz CT molecular complexity index is 506. The number of amides is 1.